The SMILES string of the molecule is CCCc1ccc(Oc2cccc(F)c2C(N)=S)cc1. The van der Waals surface area contributed by atoms with E-state index >= 15 is 0 Å². The Bertz CT molecular complexity index is 610. The number of thiocarbonyl (C=S) groups is 1. The van der Waals surface area contributed by atoms with Crippen LogP contribution in [0.15, 0.2) is 42.5 Å². The highest BCUT2D eigenvalue weighted by Crippen LogP contribution is 2.27. The van der Waals surface area contributed by atoms with Crippen molar-refractivity contribution in [3.8, 4) is 11.5 Å². The van der Waals surface area contributed by atoms with Crippen molar-refractivity contribution in [2.75, 3.05) is 0 Å². The van der Waals surface area contributed by atoms with Crippen LogP contribution in [-0.2, 0) is 6.42 Å². The summed E-state index contributed by atoms with van der Waals surface area (Å²) < 4.78 is 19.4. The fraction of sp³-hybridized carbons (Fsp3) is 0.188. The van der Waals surface area contributed by atoms with E-state index in [0.717, 1.165) is 12.8 Å². The van der Waals surface area contributed by atoms with Gasteiger partial charge in [-0.1, -0.05) is 43.8 Å². The molecule has 0 aromatic heterocycles. The zero-order valence-electron chi connectivity index (χ0n) is 11.2. The first-order valence-corrected chi connectivity index (χ1v) is 6.87. The maximum atomic E-state index is 13.7. The first kappa shape index (κ1) is 14.5. The minimum atomic E-state index is -0.474. The summed E-state index contributed by atoms with van der Waals surface area (Å²) >= 11 is 4.87. The summed E-state index contributed by atoms with van der Waals surface area (Å²) in [5.74, 6) is 0.492. The topological polar surface area (TPSA) is 35.2 Å². The van der Waals surface area contributed by atoms with Gasteiger partial charge >= 0.3 is 0 Å². The standard InChI is InChI=1S/C16H16FNOS/c1-2-4-11-7-9-12(10-8-11)19-14-6-3-5-13(17)15(14)16(18)20/h3,5-10H,2,4H2,1H3,(H2,18,20). The van der Waals surface area contributed by atoms with Crippen molar-refractivity contribution in [1.29, 1.82) is 0 Å². The van der Waals surface area contributed by atoms with Crippen LogP contribution in [-0.4, -0.2) is 4.99 Å². The molecule has 0 atom stereocenters. The second-order valence-corrected chi connectivity index (χ2v) is 4.91. The molecule has 2 aromatic carbocycles. The minimum Gasteiger partial charge on any atom is -0.457 e. The smallest absolute Gasteiger partial charge is 0.140 e. The second kappa shape index (κ2) is 6.48. The van der Waals surface area contributed by atoms with Gasteiger partial charge in [-0.15, -0.1) is 0 Å². The number of nitrogens with two attached hydrogens (primary N) is 1. The lowest BCUT2D eigenvalue weighted by atomic mass is 10.1. The third kappa shape index (κ3) is 3.33. The average Bonchev–Trinajstić information content (AvgIpc) is 2.41. The van der Waals surface area contributed by atoms with Gasteiger partial charge in [-0.2, -0.15) is 0 Å². The predicted molar refractivity (Wildman–Crippen MR) is 82.8 cm³/mol. The van der Waals surface area contributed by atoms with E-state index in [9.17, 15) is 4.39 Å². The lowest BCUT2D eigenvalue weighted by Gasteiger charge is -2.11. The molecule has 2 nitrogen and oxygen atoms in total. The molecular formula is C16H16FNOS. The summed E-state index contributed by atoms with van der Waals surface area (Å²) in [6, 6.07) is 12.2. The lowest BCUT2D eigenvalue weighted by Crippen LogP contribution is -2.13. The number of rotatable bonds is 5. The van der Waals surface area contributed by atoms with Gasteiger partial charge in [-0.25, -0.2) is 4.39 Å². The summed E-state index contributed by atoms with van der Waals surface area (Å²) in [5, 5.41) is 0. The van der Waals surface area contributed by atoms with Crippen LogP contribution in [0, 0.1) is 5.82 Å². The third-order valence-corrected chi connectivity index (χ3v) is 3.12. The molecule has 0 aliphatic heterocycles. The van der Waals surface area contributed by atoms with E-state index in [-0.39, 0.29) is 10.6 Å². The van der Waals surface area contributed by atoms with Gasteiger partial charge in [0.15, 0.2) is 0 Å². The van der Waals surface area contributed by atoms with Gasteiger partial charge in [0.2, 0.25) is 0 Å². The normalized spacial score (nSPS) is 10.3. The number of hydrogen-bond donors (Lipinski definition) is 1. The fourth-order valence-corrected chi connectivity index (χ4v) is 2.17. The predicted octanol–water partition coefficient (Wildman–Crippen LogP) is 4.20. The van der Waals surface area contributed by atoms with Gasteiger partial charge in [0.05, 0.1) is 5.56 Å². The van der Waals surface area contributed by atoms with Crippen LogP contribution in [0.5, 0.6) is 11.5 Å². The first-order chi connectivity index (χ1) is 9.61. The van der Waals surface area contributed by atoms with Gasteiger partial charge in [0.25, 0.3) is 0 Å². The number of ether oxygens (including phenoxy) is 1. The molecule has 0 amide bonds. The van der Waals surface area contributed by atoms with Crippen LogP contribution in [0.2, 0.25) is 0 Å². The van der Waals surface area contributed by atoms with Crippen LogP contribution in [0.3, 0.4) is 0 Å². The fourth-order valence-electron chi connectivity index (χ4n) is 1.97. The molecular weight excluding hydrogens is 273 g/mol. The number of halogens is 1. The Morgan fingerprint density at radius 3 is 2.50 bits per heavy atom. The molecule has 0 unspecified atom stereocenters. The summed E-state index contributed by atoms with van der Waals surface area (Å²) in [4.78, 5) is -0.0132. The number of hydrogen-bond acceptors (Lipinski definition) is 2. The highest BCUT2D eigenvalue weighted by molar-refractivity contribution is 7.80. The van der Waals surface area contributed by atoms with E-state index in [4.69, 9.17) is 22.7 Å². The minimum absolute atomic E-state index is 0.0132. The van der Waals surface area contributed by atoms with Gasteiger partial charge in [-0.3, -0.25) is 0 Å². The van der Waals surface area contributed by atoms with Gasteiger partial charge in [0, 0.05) is 0 Å². The lowest BCUT2D eigenvalue weighted by molar-refractivity contribution is 0.475. The van der Waals surface area contributed by atoms with Gasteiger partial charge in [-0.05, 0) is 36.2 Å². The highest BCUT2D eigenvalue weighted by atomic mass is 32.1. The highest BCUT2D eigenvalue weighted by Gasteiger charge is 2.12. The van der Waals surface area contributed by atoms with Crippen LogP contribution in [0.1, 0.15) is 24.5 Å². The molecule has 0 radical (unpaired) electrons. The molecule has 0 heterocycles. The quantitative estimate of drug-likeness (QED) is 0.838. The summed E-state index contributed by atoms with van der Waals surface area (Å²) in [6.45, 7) is 2.13. The molecule has 0 aliphatic carbocycles. The molecule has 0 bridgehead atoms. The van der Waals surface area contributed by atoms with Gasteiger partial charge < -0.3 is 10.5 Å². The first-order valence-electron chi connectivity index (χ1n) is 6.47. The van der Waals surface area contributed by atoms with Crippen molar-refractivity contribution < 1.29 is 9.13 Å². The maximum absolute atomic E-state index is 13.7. The maximum Gasteiger partial charge on any atom is 0.140 e. The Kier molecular flexibility index (Phi) is 4.69. The van der Waals surface area contributed by atoms with Crippen LogP contribution < -0.4 is 10.5 Å². The van der Waals surface area contributed by atoms with E-state index in [1.807, 2.05) is 24.3 Å². The van der Waals surface area contributed by atoms with Gasteiger partial charge in [0.1, 0.15) is 22.3 Å². The zero-order valence-corrected chi connectivity index (χ0v) is 12.0. The molecule has 2 rings (SSSR count). The van der Waals surface area contributed by atoms with Crippen molar-refractivity contribution in [3.05, 3.63) is 59.4 Å². The molecule has 0 saturated heterocycles. The van der Waals surface area contributed by atoms with E-state index in [0.29, 0.717) is 11.5 Å². The van der Waals surface area contributed by atoms with E-state index < -0.39 is 5.82 Å². The molecule has 20 heavy (non-hydrogen) atoms. The second-order valence-electron chi connectivity index (χ2n) is 4.47. The third-order valence-electron chi connectivity index (χ3n) is 2.91. The Morgan fingerprint density at radius 2 is 1.90 bits per heavy atom. The average molecular weight is 289 g/mol. The molecule has 104 valence electrons. The monoisotopic (exact) mass is 289 g/mol. The molecule has 0 fully saturated rings. The molecule has 0 saturated carbocycles. The van der Waals surface area contributed by atoms with Crippen molar-refractivity contribution in [3.63, 3.8) is 0 Å². The molecule has 4 heteroatoms. The Morgan fingerprint density at radius 1 is 1.20 bits per heavy atom. The Balaban J connectivity index is 2.26. The van der Waals surface area contributed by atoms with Crippen LogP contribution >= 0.6 is 12.2 Å². The summed E-state index contributed by atoms with van der Waals surface area (Å²) in [6.07, 6.45) is 2.12. The zero-order chi connectivity index (χ0) is 14.5. The Labute approximate surface area is 123 Å². The molecule has 0 spiro atoms. The molecule has 2 aromatic rings. The van der Waals surface area contributed by atoms with Crippen LogP contribution in [0.25, 0.3) is 0 Å². The number of aryl methyl sites for hydroxylation is 1. The Hall–Kier alpha value is -1.94. The largest absolute Gasteiger partial charge is 0.457 e. The van der Waals surface area contributed by atoms with E-state index in [1.165, 1.54) is 11.6 Å². The molecule has 0 aliphatic rings. The number of benzene rings is 2. The summed E-state index contributed by atoms with van der Waals surface area (Å²) in [5.41, 5.74) is 6.93. The van der Waals surface area contributed by atoms with E-state index in [2.05, 4.69) is 6.92 Å². The summed E-state index contributed by atoms with van der Waals surface area (Å²) in [7, 11) is 0. The van der Waals surface area contributed by atoms with Crippen molar-refractivity contribution in [1.82, 2.24) is 0 Å². The van der Waals surface area contributed by atoms with Crippen molar-refractivity contribution >= 4 is 17.2 Å². The van der Waals surface area contributed by atoms with E-state index in [1.54, 1.807) is 12.1 Å². The van der Waals surface area contributed by atoms with Crippen LogP contribution in [0.4, 0.5) is 4.39 Å². The van der Waals surface area contributed by atoms with Crippen molar-refractivity contribution in [2.24, 2.45) is 5.73 Å². The van der Waals surface area contributed by atoms with Crippen molar-refractivity contribution in [2.45, 2.75) is 19.8 Å². The molecule has 2 N–H and O–H groups in total.